The average molecular weight is 210 g/mol. The topological polar surface area (TPSA) is 12.0 Å². The van der Waals surface area contributed by atoms with E-state index in [9.17, 15) is 0 Å². The molecule has 76 valence electrons. The van der Waals surface area contributed by atoms with Crippen LogP contribution in [0.1, 0.15) is 12.5 Å². The maximum Gasteiger partial charge on any atom is 0.0438 e. The van der Waals surface area contributed by atoms with Crippen molar-refractivity contribution in [2.75, 3.05) is 7.05 Å². The van der Waals surface area contributed by atoms with E-state index in [2.05, 4.69) is 18.0 Å². The van der Waals surface area contributed by atoms with Gasteiger partial charge in [-0.25, -0.2) is 0 Å². The number of nitrogens with one attached hydrogen (secondary N) is 1. The molecule has 2 heteroatoms. The Morgan fingerprint density at radius 2 is 2.14 bits per heavy atom. The number of likely N-dealkylation sites (N-methyl/N-ethyl adjacent to an activating group) is 1. The number of rotatable bonds is 4. The normalized spacial score (nSPS) is 12.5. The van der Waals surface area contributed by atoms with Crippen LogP contribution in [-0.4, -0.2) is 13.1 Å². The van der Waals surface area contributed by atoms with Gasteiger partial charge in [0.2, 0.25) is 0 Å². The van der Waals surface area contributed by atoms with Crippen LogP contribution in [0.5, 0.6) is 0 Å². The lowest BCUT2D eigenvalue weighted by Gasteiger charge is -2.16. The Balaban J connectivity index is 2.77. The van der Waals surface area contributed by atoms with Gasteiger partial charge < -0.3 is 5.32 Å². The fourth-order valence-electron chi connectivity index (χ4n) is 1.41. The van der Waals surface area contributed by atoms with Gasteiger partial charge in [0.1, 0.15) is 0 Å². The summed E-state index contributed by atoms with van der Waals surface area (Å²) in [7, 11) is 1.94. The molecule has 0 aromatic heterocycles. The summed E-state index contributed by atoms with van der Waals surface area (Å²) in [6.45, 7) is 5.97. The summed E-state index contributed by atoms with van der Waals surface area (Å²) in [6, 6.07) is 8.22. The lowest BCUT2D eigenvalue weighted by Crippen LogP contribution is -2.28. The van der Waals surface area contributed by atoms with Gasteiger partial charge in [0.15, 0.2) is 0 Å². The molecule has 1 N–H and O–H groups in total. The van der Waals surface area contributed by atoms with Crippen molar-refractivity contribution in [1.29, 1.82) is 0 Å². The number of hydrogen-bond donors (Lipinski definition) is 1. The average Bonchev–Trinajstić information content (AvgIpc) is 2.16. The molecule has 0 saturated heterocycles. The molecule has 1 aromatic carbocycles. The Labute approximate surface area is 90.8 Å². The maximum atomic E-state index is 6.07. The van der Waals surface area contributed by atoms with Crippen molar-refractivity contribution in [3.05, 3.63) is 47.0 Å². The van der Waals surface area contributed by atoms with E-state index in [0.29, 0.717) is 6.04 Å². The van der Waals surface area contributed by atoms with Gasteiger partial charge in [0, 0.05) is 11.1 Å². The summed E-state index contributed by atoms with van der Waals surface area (Å²) in [6.07, 6.45) is 0.894. The number of benzene rings is 1. The molecule has 1 nitrogen and oxygen atoms in total. The van der Waals surface area contributed by atoms with Crippen LogP contribution < -0.4 is 5.32 Å². The van der Waals surface area contributed by atoms with Crippen molar-refractivity contribution in [3.8, 4) is 0 Å². The van der Waals surface area contributed by atoms with Crippen molar-refractivity contribution in [3.63, 3.8) is 0 Å². The zero-order valence-corrected chi connectivity index (χ0v) is 9.43. The van der Waals surface area contributed by atoms with Gasteiger partial charge in [-0.1, -0.05) is 42.0 Å². The summed E-state index contributed by atoms with van der Waals surface area (Å²) >= 11 is 6.07. The molecule has 0 aliphatic carbocycles. The second-order valence-corrected chi connectivity index (χ2v) is 3.89. The van der Waals surface area contributed by atoms with E-state index in [0.717, 1.165) is 22.6 Å². The predicted molar refractivity (Wildman–Crippen MR) is 62.8 cm³/mol. The molecule has 0 spiro atoms. The van der Waals surface area contributed by atoms with Crippen molar-refractivity contribution in [2.24, 2.45) is 0 Å². The summed E-state index contributed by atoms with van der Waals surface area (Å²) in [5.41, 5.74) is 2.30. The first-order chi connectivity index (χ1) is 6.65. The van der Waals surface area contributed by atoms with E-state index in [-0.39, 0.29) is 0 Å². The summed E-state index contributed by atoms with van der Waals surface area (Å²) in [5.74, 6) is 0. The molecular weight excluding hydrogens is 194 g/mol. The molecule has 0 aliphatic heterocycles. The second kappa shape index (κ2) is 5.18. The van der Waals surface area contributed by atoms with E-state index in [1.165, 1.54) is 0 Å². The molecule has 14 heavy (non-hydrogen) atoms. The van der Waals surface area contributed by atoms with Gasteiger partial charge in [-0.15, -0.1) is 0 Å². The molecule has 0 fully saturated rings. The summed E-state index contributed by atoms with van der Waals surface area (Å²) in [4.78, 5) is 0. The third kappa shape index (κ3) is 2.86. The maximum absolute atomic E-state index is 6.07. The highest BCUT2D eigenvalue weighted by atomic mass is 35.5. The van der Waals surface area contributed by atoms with E-state index < -0.39 is 0 Å². The molecule has 1 atom stereocenters. The SMILES string of the molecule is C=C(C)C(Cc1ccccc1Cl)NC. The Hall–Kier alpha value is -0.790. The van der Waals surface area contributed by atoms with E-state index in [1.807, 2.05) is 32.2 Å². The highest BCUT2D eigenvalue weighted by Crippen LogP contribution is 2.18. The molecule has 0 saturated carbocycles. The van der Waals surface area contributed by atoms with Crippen LogP contribution in [0.4, 0.5) is 0 Å². The van der Waals surface area contributed by atoms with Gasteiger partial charge in [0.05, 0.1) is 0 Å². The Bertz CT molecular complexity index is 320. The van der Waals surface area contributed by atoms with Gasteiger partial charge >= 0.3 is 0 Å². The number of hydrogen-bond acceptors (Lipinski definition) is 1. The zero-order chi connectivity index (χ0) is 10.6. The minimum absolute atomic E-state index is 0.301. The van der Waals surface area contributed by atoms with Crippen molar-refractivity contribution in [2.45, 2.75) is 19.4 Å². The second-order valence-electron chi connectivity index (χ2n) is 3.48. The van der Waals surface area contributed by atoms with E-state index >= 15 is 0 Å². The van der Waals surface area contributed by atoms with Crippen molar-refractivity contribution < 1.29 is 0 Å². The predicted octanol–water partition coefficient (Wildman–Crippen LogP) is 3.05. The van der Waals surface area contributed by atoms with Crippen LogP contribution in [0, 0.1) is 0 Å². The summed E-state index contributed by atoms with van der Waals surface area (Å²) in [5, 5.41) is 4.05. The van der Waals surface area contributed by atoms with Gasteiger partial charge in [-0.3, -0.25) is 0 Å². The molecule has 0 aliphatic rings. The lowest BCUT2D eigenvalue weighted by molar-refractivity contribution is 0.634. The van der Waals surface area contributed by atoms with Crippen molar-refractivity contribution >= 4 is 11.6 Å². The van der Waals surface area contributed by atoms with Crippen LogP contribution in [0.2, 0.25) is 5.02 Å². The third-order valence-electron chi connectivity index (χ3n) is 2.33. The smallest absolute Gasteiger partial charge is 0.0438 e. The van der Waals surface area contributed by atoms with Gasteiger partial charge in [-0.2, -0.15) is 0 Å². The van der Waals surface area contributed by atoms with E-state index in [4.69, 9.17) is 11.6 Å². The fraction of sp³-hybridized carbons (Fsp3) is 0.333. The molecular formula is C12H16ClN. The largest absolute Gasteiger partial charge is 0.313 e. The molecule has 1 unspecified atom stereocenters. The molecule has 1 aromatic rings. The van der Waals surface area contributed by atoms with Crippen LogP contribution in [0.25, 0.3) is 0 Å². The fourth-order valence-corrected chi connectivity index (χ4v) is 1.62. The van der Waals surface area contributed by atoms with Gasteiger partial charge in [-0.05, 0) is 32.0 Å². The minimum atomic E-state index is 0.301. The quantitative estimate of drug-likeness (QED) is 0.752. The zero-order valence-electron chi connectivity index (χ0n) is 8.68. The monoisotopic (exact) mass is 209 g/mol. The van der Waals surface area contributed by atoms with Crippen LogP contribution in [0.15, 0.2) is 36.4 Å². The summed E-state index contributed by atoms with van der Waals surface area (Å²) < 4.78 is 0. The van der Waals surface area contributed by atoms with Crippen LogP contribution in [0.3, 0.4) is 0 Å². The first kappa shape index (κ1) is 11.3. The highest BCUT2D eigenvalue weighted by molar-refractivity contribution is 6.31. The standard InChI is InChI=1S/C12H16ClN/c1-9(2)12(14-3)8-10-6-4-5-7-11(10)13/h4-7,12,14H,1,8H2,2-3H3. The van der Waals surface area contributed by atoms with E-state index in [1.54, 1.807) is 0 Å². The van der Waals surface area contributed by atoms with Crippen LogP contribution in [-0.2, 0) is 6.42 Å². The number of halogens is 1. The van der Waals surface area contributed by atoms with Gasteiger partial charge in [0.25, 0.3) is 0 Å². The molecule has 0 radical (unpaired) electrons. The highest BCUT2D eigenvalue weighted by Gasteiger charge is 2.09. The van der Waals surface area contributed by atoms with Crippen LogP contribution >= 0.6 is 11.6 Å². The minimum Gasteiger partial charge on any atom is -0.313 e. The Morgan fingerprint density at radius 3 is 2.64 bits per heavy atom. The molecule has 0 heterocycles. The first-order valence-corrected chi connectivity index (χ1v) is 5.09. The molecule has 0 bridgehead atoms. The Kier molecular flexibility index (Phi) is 4.18. The molecule has 1 rings (SSSR count). The molecule has 0 amide bonds. The lowest BCUT2D eigenvalue weighted by atomic mass is 10.0. The third-order valence-corrected chi connectivity index (χ3v) is 2.69. The van der Waals surface area contributed by atoms with Crippen molar-refractivity contribution in [1.82, 2.24) is 5.32 Å². The Morgan fingerprint density at radius 1 is 1.50 bits per heavy atom. The first-order valence-electron chi connectivity index (χ1n) is 4.71.